The Labute approximate surface area is 274 Å². The Morgan fingerprint density at radius 3 is 1.18 bits per heavy atom. The van der Waals surface area contributed by atoms with Gasteiger partial charge in [-0.3, -0.25) is 9.59 Å². The largest absolute Gasteiger partial charge is 0.480 e. The van der Waals surface area contributed by atoms with Crippen molar-refractivity contribution in [2.24, 2.45) is 5.73 Å². The number of carboxylic acids is 1. The lowest BCUT2D eigenvalue weighted by Crippen LogP contribution is -2.31. The SMILES string of the molecule is CCCCCCCC/C=C\CCCCCCCC(=O)N(C)CC(=O)O.CCCCCCCC/C=C\CCCCCCCCN. The predicted molar refractivity (Wildman–Crippen MR) is 193 cm³/mol. The van der Waals surface area contributed by atoms with Crippen molar-refractivity contribution in [2.75, 3.05) is 20.1 Å². The third-order valence-electron chi connectivity index (χ3n) is 8.17. The van der Waals surface area contributed by atoms with Crippen molar-refractivity contribution in [2.45, 2.75) is 194 Å². The molecule has 5 nitrogen and oxygen atoms in total. The summed E-state index contributed by atoms with van der Waals surface area (Å²) in [6, 6.07) is 0. The zero-order valence-corrected chi connectivity index (χ0v) is 29.8. The van der Waals surface area contributed by atoms with Crippen molar-refractivity contribution in [3.05, 3.63) is 24.3 Å². The van der Waals surface area contributed by atoms with Gasteiger partial charge in [-0.25, -0.2) is 0 Å². The molecule has 0 saturated carbocycles. The van der Waals surface area contributed by atoms with Gasteiger partial charge in [0.2, 0.25) is 5.91 Å². The first kappa shape index (κ1) is 44.5. The second-order valence-electron chi connectivity index (χ2n) is 12.7. The van der Waals surface area contributed by atoms with Gasteiger partial charge in [-0.15, -0.1) is 0 Å². The summed E-state index contributed by atoms with van der Waals surface area (Å²) >= 11 is 0. The minimum atomic E-state index is -0.958. The molecule has 0 aromatic carbocycles. The summed E-state index contributed by atoms with van der Waals surface area (Å²) in [6.45, 7) is 5.19. The van der Waals surface area contributed by atoms with Crippen molar-refractivity contribution in [1.29, 1.82) is 0 Å². The van der Waals surface area contributed by atoms with Gasteiger partial charge >= 0.3 is 5.97 Å². The molecule has 5 heteroatoms. The fraction of sp³-hybridized carbons (Fsp3) is 0.846. The number of nitrogens with zero attached hydrogens (tertiary/aromatic N) is 1. The molecule has 0 rings (SSSR count). The van der Waals surface area contributed by atoms with E-state index < -0.39 is 5.97 Å². The minimum Gasteiger partial charge on any atom is -0.480 e. The van der Waals surface area contributed by atoms with Gasteiger partial charge < -0.3 is 15.7 Å². The molecule has 0 spiro atoms. The molecule has 0 heterocycles. The summed E-state index contributed by atoms with van der Waals surface area (Å²) in [6.07, 6.45) is 45.0. The first-order valence-electron chi connectivity index (χ1n) is 18.9. The summed E-state index contributed by atoms with van der Waals surface area (Å²) in [7, 11) is 1.55. The molecule has 0 unspecified atom stereocenters. The molecular weight excluding hydrogens is 544 g/mol. The van der Waals surface area contributed by atoms with Gasteiger partial charge in [-0.2, -0.15) is 0 Å². The van der Waals surface area contributed by atoms with Crippen LogP contribution in [0.3, 0.4) is 0 Å². The highest BCUT2D eigenvalue weighted by Gasteiger charge is 2.11. The standard InChI is InChI=1S/C21H39NO3.C18H37N/c1-3-4-5-6-7-8-9-10-11-12-13-14-15-16-17-18-20(23)22(2)19-21(24)25;1-2-3-4-5-6-7-8-9-10-11-12-13-14-15-16-17-18-19/h10-11H,3-9,12-19H2,1-2H3,(H,24,25);9-10H,2-8,11-19H2,1H3/b11-10-;10-9-. The third kappa shape index (κ3) is 40.4. The minimum absolute atomic E-state index is 0.0694. The molecule has 3 N–H and O–H groups in total. The lowest BCUT2D eigenvalue weighted by Gasteiger charge is -2.14. The van der Waals surface area contributed by atoms with Crippen LogP contribution in [0.25, 0.3) is 0 Å². The molecule has 0 saturated heterocycles. The molecule has 0 fully saturated rings. The molecule has 0 aromatic rings. The number of rotatable bonds is 32. The third-order valence-corrected chi connectivity index (χ3v) is 8.17. The van der Waals surface area contributed by atoms with Crippen LogP contribution >= 0.6 is 0 Å². The molecule has 1 amide bonds. The molecule has 0 atom stereocenters. The number of amides is 1. The Morgan fingerprint density at radius 2 is 0.841 bits per heavy atom. The van der Waals surface area contributed by atoms with Crippen LogP contribution in [0, 0.1) is 0 Å². The molecule has 0 aliphatic rings. The predicted octanol–water partition coefficient (Wildman–Crippen LogP) is 11.5. The summed E-state index contributed by atoms with van der Waals surface area (Å²) in [4.78, 5) is 23.5. The molecule has 0 bridgehead atoms. The summed E-state index contributed by atoms with van der Waals surface area (Å²) in [5.41, 5.74) is 5.47. The van der Waals surface area contributed by atoms with Crippen molar-refractivity contribution < 1.29 is 14.7 Å². The normalized spacial score (nSPS) is 11.3. The van der Waals surface area contributed by atoms with Crippen LogP contribution in [-0.2, 0) is 9.59 Å². The monoisotopic (exact) mass is 621 g/mol. The van der Waals surface area contributed by atoms with Crippen molar-refractivity contribution in [3.63, 3.8) is 0 Å². The van der Waals surface area contributed by atoms with Crippen LogP contribution < -0.4 is 5.73 Å². The number of unbranched alkanes of at least 4 members (excludes halogenated alkanes) is 23. The lowest BCUT2D eigenvalue weighted by molar-refractivity contribution is -0.143. The van der Waals surface area contributed by atoms with Crippen LogP contribution in [0.4, 0.5) is 0 Å². The molecule has 0 aliphatic carbocycles. The van der Waals surface area contributed by atoms with Gasteiger partial charge in [-0.05, 0) is 70.8 Å². The maximum Gasteiger partial charge on any atom is 0.323 e. The maximum absolute atomic E-state index is 11.7. The number of aliphatic carboxylic acids is 1. The van der Waals surface area contributed by atoms with E-state index in [9.17, 15) is 9.59 Å². The highest BCUT2D eigenvalue weighted by atomic mass is 16.4. The smallest absolute Gasteiger partial charge is 0.323 e. The van der Waals surface area contributed by atoms with Crippen LogP contribution in [0.2, 0.25) is 0 Å². The Morgan fingerprint density at radius 1 is 0.523 bits per heavy atom. The zero-order chi connectivity index (χ0) is 32.8. The average Bonchev–Trinajstić information content (AvgIpc) is 3.01. The van der Waals surface area contributed by atoms with E-state index in [2.05, 4.69) is 38.2 Å². The first-order chi connectivity index (χ1) is 21.5. The van der Waals surface area contributed by atoms with Gasteiger partial charge in [0.1, 0.15) is 6.54 Å². The van der Waals surface area contributed by atoms with Gasteiger partial charge in [0, 0.05) is 13.5 Å². The Hall–Kier alpha value is -1.62. The molecule has 44 heavy (non-hydrogen) atoms. The van der Waals surface area contributed by atoms with Gasteiger partial charge in [0.15, 0.2) is 0 Å². The number of nitrogens with two attached hydrogens (primary N) is 1. The second kappa shape index (κ2) is 39.4. The van der Waals surface area contributed by atoms with Crippen molar-refractivity contribution in [1.82, 2.24) is 4.90 Å². The number of likely N-dealkylation sites (N-methyl/N-ethyl adjacent to an activating group) is 1. The van der Waals surface area contributed by atoms with E-state index in [1.807, 2.05) is 0 Å². The number of carbonyl (C=O) groups excluding carboxylic acids is 1. The Bertz CT molecular complexity index is 647. The van der Waals surface area contributed by atoms with E-state index in [1.54, 1.807) is 7.05 Å². The number of carboxylic acid groups (broad SMARTS) is 1. The van der Waals surface area contributed by atoms with E-state index in [0.29, 0.717) is 6.42 Å². The van der Waals surface area contributed by atoms with Gasteiger partial charge in [0.25, 0.3) is 0 Å². The van der Waals surface area contributed by atoms with Gasteiger partial charge in [-0.1, -0.05) is 147 Å². The zero-order valence-electron chi connectivity index (χ0n) is 29.8. The quantitative estimate of drug-likeness (QED) is 0.0579. The molecule has 0 aromatic heterocycles. The van der Waals surface area contributed by atoms with Crippen LogP contribution in [-0.4, -0.2) is 42.0 Å². The first-order valence-corrected chi connectivity index (χ1v) is 18.9. The second-order valence-corrected chi connectivity index (χ2v) is 12.7. The van der Waals surface area contributed by atoms with Crippen molar-refractivity contribution >= 4 is 11.9 Å². The fourth-order valence-corrected chi connectivity index (χ4v) is 5.22. The van der Waals surface area contributed by atoms with Crippen LogP contribution in [0.5, 0.6) is 0 Å². The number of hydrogen-bond acceptors (Lipinski definition) is 3. The number of allylic oxidation sites excluding steroid dienone is 4. The van der Waals surface area contributed by atoms with Crippen LogP contribution in [0.1, 0.15) is 194 Å². The van der Waals surface area contributed by atoms with Crippen LogP contribution in [0.15, 0.2) is 24.3 Å². The molecule has 0 radical (unpaired) electrons. The maximum atomic E-state index is 11.7. The van der Waals surface area contributed by atoms with E-state index in [0.717, 1.165) is 32.2 Å². The highest BCUT2D eigenvalue weighted by Crippen LogP contribution is 2.11. The average molecular weight is 621 g/mol. The summed E-state index contributed by atoms with van der Waals surface area (Å²) in [5.74, 6) is -1.03. The topological polar surface area (TPSA) is 83.6 Å². The highest BCUT2D eigenvalue weighted by molar-refractivity contribution is 5.80. The van der Waals surface area contributed by atoms with Crippen molar-refractivity contribution in [3.8, 4) is 0 Å². The fourth-order valence-electron chi connectivity index (χ4n) is 5.22. The number of hydrogen-bond donors (Lipinski definition) is 2. The summed E-state index contributed by atoms with van der Waals surface area (Å²) in [5, 5.41) is 8.64. The van der Waals surface area contributed by atoms with Gasteiger partial charge in [0.05, 0.1) is 0 Å². The summed E-state index contributed by atoms with van der Waals surface area (Å²) < 4.78 is 0. The number of carbonyl (C=O) groups is 2. The molecule has 260 valence electrons. The molecular formula is C39H76N2O3. The Kier molecular flexibility index (Phi) is 39.9. The van der Waals surface area contributed by atoms with E-state index in [4.69, 9.17) is 10.8 Å². The van der Waals surface area contributed by atoms with E-state index >= 15 is 0 Å². The molecule has 0 aliphatic heterocycles. The van der Waals surface area contributed by atoms with E-state index in [1.165, 1.54) is 153 Å². The van der Waals surface area contributed by atoms with E-state index in [-0.39, 0.29) is 12.5 Å². The Balaban J connectivity index is 0. The lowest BCUT2D eigenvalue weighted by atomic mass is 10.1.